The summed E-state index contributed by atoms with van der Waals surface area (Å²) in [6.45, 7) is 11.1. The molecule has 0 bridgehead atoms. The molecular weight excluding hydrogens is 654 g/mol. The summed E-state index contributed by atoms with van der Waals surface area (Å²) in [4.78, 5) is 93.2. The molecule has 3 saturated heterocycles. The third-order valence-electron chi connectivity index (χ3n) is 9.68. The van der Waals surface area contributed by atoms with Crippen LogP contribution in [0.2, 0.25) is 0 Å². The molecule has 0 spiro atoms. The molecule has 6 N–H and O–H groups in total. The van der Waals surface area contributed by atoms with E-state index in [9.17, 15) is 28.8 Å². The summed E-state index contributed by atoms with van der Waals surface area (Å²) in [5.41, 5.74) is 1.80. The molecule has 7 atom stereocenters. The van der Waals surface area contributed by atoms with Gasteiger partial charge in [-0.15, -0.1) is 0 Å². The molecule has 1 aromatic carbocycles. The highest BCUT2D eigenvalue weighted by molar-refractivity contribution is 5.96. The first-order chi connectivity index (χ1) is 24.2. The Kier molecular flexibility index (Phi) is 11.5. The summed E-state index contributed by atoms with van der Waals surface area (Å²) in [6.07, 6.45) is 4.80. The molecule has 2 aromatic rings. The number of aryl methyl sites for hydroxylation is 1. The molecule has 6 amide bonds. The molecule has 3 aliphatic rings. The number of fused-ring (bicyclic) bond motifs is 2. The molecule has 15 nitrogen and oxygen atoms in total. The first kappa shape index (κ1) is 37.5. The molecular formula is C36H51N9O6. The van der Waals surface area contributed by atoms with E-state index in [2.05, 4.69) is 36.6 Å². The van der Waals surface area contributed by atoms with E-state index in [0.717, 1.165) is 11.1 Å². The Bertz CT molecular complexity index is 1610. The number of nitrogens with zero attached hydrogens (tertiary/aromatic N) is 3. The van der Waals surface area contributed by atoms with E-state index in [0.29, 0.717) is 31.5 Å². The first-order valence-electron chi connectivity index (χ1n) is 17.8. The van der Waals surface area contributed by atoms with Gasteiger partial charge in [-0.2, -0.15) is 0 Å². The Hall–Kier alpha value is -4.79. The van der Waals surface area contributed by atoms with Gasteiger partial charge in [0.15, 0.2) is 0 Å². The van der Waals surface area contributed by atoms with Crippen LogP contribution in [0.1, 0.15) is 70.7 Å². The van der Waals surface area contributed by atoms with Crippen LogP contribution in [0.15, 0.2) is 36.8 Å². The van der Waals surface area contributed by atoms with Crippen molar-refractivity contribution in [3.05, 3.63) is 53.6 Å². The Morgan fingerprint density at radius 1 is 0.961 bits per heavy atom. The fourth-order valence-electron chi connectivity index (χ4n) is 7.16. The van der Waals surface area contributed by atoms with Crippen LogP contribution in [0.25, 0.3) is 0 Å². The molecule has 5 rings (SSSR count). The monoisotopic (exact) mass is 705 g/mol. The van der Waals surface area contributed by atoms with Gasteiger partial charge in [-0.3, -0.25) is 33.7 Å². The van der Waals surface area contributed by atoms with Crippen LogP contribution in [0.4, 0.5) is 0 Å². The second-order valence-corrected chi connectivity index (χ2v) is 14.9. The van der Waals surface area contributed by atoms with E-state index >= 15 is 0 Å². The zero-order valence-electron chi connectivity index (χ0n) is 30.2. The van der Waals surface area contributed by atoms with Gasteiger partial charge in [0.05, 0.1) is 31.0 Å². The van der Waals surface area contributed by atoms with E-state index in [1.54, 1.807) is 11.8 Å². The van der Waals surface area contributed by atoms with Crippen LogP contribution in [-0.2, 0) is 41.6 Å². The number of H-pyrrole nitrogens is 1. The predicted octanol–water partition coefficient (Wildman–Crippen LogP) is -0.155. The Labute approximate surface area is 298 Å². The minimum Gasteiger partial charge on any atom is -0.350 e. The van der Waals surface area contributed by atoms with E-state index in [4.69, 9.17) is 0 Å². The topological polar surface area (TPSA) is 197 Å². The normalized spacial score (nSPS) is 28.3. The largest absolute Gasteiger partial charge is 0.350 e. The molecule has 276 valence electrons. The third-order valence-corrected chi connectivity index (χ3v) is 9.68. The standard InChI is InChI=1S/C36H51N9O6/c1-7-26-29-30(34(50)43-36(4,5)6)44-14-8-9-27(44)33(49)38-18-28(46)41-25(16-23-17-37-19-39-23)32(48)42-24(15-22-12-10-20(2)11-13-22)31(47)40-21(3)35(51)45(26)29/h10-13,17,19,21,24-27,29-30H,7-9,14-16,18H2,1-6H3,(H,37,39)(H,38,49)(H,40,47)(H,41,46)(H,42,48)(H,43,50). The summed E-state index contributed by atoms with van der Waals surface area (Å²) in [5.74, 6) is -2.88. The van der Waals surface area contributed by atoms with Crippen LogP contribution in [0.3, 0.4) is 0 Å². The van der Waals surface area contributed by atoms with Gasteiger partial charge in [-0.25, -0.2) is 4.98 Å². The average molecular weight is 706 g/mol. The molecule has 0 saturated carbocycles. The number of hydrogen-bond acceptors (Lipinski definition) is 8. The number of hydrogen-bond donors (Lipinski definition) is 6. The average Bonchev–Trinajstić information content (AvgIpc) is 3.35. The summed E-state index contributed by atoms with van der Waals surface area (Å²) in [5, 5.41) is 14.1. The van der Waals surface area contributed by atoms with Gasteiger partial charge < -0.3 is 36.5 Å². The van der Waals surface area contributed by atoms with E-state index < -0.39 is 72.0 Å². The van der Waals surface area contributed by atoms with Crippen molar-refractivity contribution in [2.24, 2.45) is 0 Å². The molecule has 1 aromatic heterocycles. The number of benzene rings is 1. The first-order valence-corrected chi connectivity index (χ1v) is 17.8. The number of aromatic amines is 1. The Morgan fingerprint density at radius 3 is 2.29 bits per heavy atom. The van der Waals surface area contributed by atoms with Gasteiger partial charge in [0.2, 0.25) is 35.4 Å². The quantitative estimate of drug-likeness (QED) is 0.223. The highest BCUT2D eigenvalue weighted by Crippen LogP contribution is 2.39. The molecule has 4 heterocycles. The summed E-state index contributed by atoms with van der Waals surface area (Å²) < 4.78 is 0. The SMILES string of the molecule is CCC1C2C(C(=O)NC(C)(C)C)N3CCCC3C(=O)NCC(=O)NC(Cc3cnc[nH]3)C(=O)NC(Cc3ccc(C)cc3)C(=O)NC(C)C(=O)N12. The van der Waals surface area contributed by atoms with Crippen molar-refractivity contribution in [3.8, 4) is 0 Å². The van der Waals surface area contributed by atoms with Crippen molar-refractivity contribution in [1.82, 2.24) is 46.4 Å². The maximum absolute atomic E-state index is 14.1. The maximum atomic E-state index is 14.1. The summed E-state index contributed by atoms with van der Waals surface area (Å²) >= 11 is 0. The number of amides is 6. The number of aromatic nitrogens is 2. The van der Waals surface area contributed by atoms with Crippen molar-refractivity contribution in [3.63, 3.8) is 0 Å². The summed E-state index contributed by atoms with van der Waals surface area (Å²) in [6, 6.07) is 1.94. The molecule has 7 unspecified atom stereocenters. The van der Waals surface area contributed by atoms with Crippen molar-refractivity contribution < 1.29 is 28.8 Å². The van der Waals surface area contributed by atoms with Crippen LogP contribution in [0, 0.1) is 6.92 Å². The smallest absolute Gasteiger partial charge is 0.245 e. The summed E-state index contributed by atoms with van der Waals surface area (Å²) in [7, 11) is 0. The molecule has 15 heteroatoms. The van der Waals surface area contributed by atoms with Crippen LogP contribution < -0.4 is 26.6 Å². The van der Waals surface area contributed by atoms with E-state index in [1.165, 1.54) is 12.5 Å². The zero-order valence-corrected chi connectivity index (χ0v) is 30.2. The number of imidazole rings is 1. The van der Waals surface area contributed by atoms with E-state index in [1.807, 2.05) is 63.8 Å². The molecule has 3 aliphatic heterocycles. The van der Waals surface area contributed by atoms with E-state index in [-0.39, 0.29) is 30.7 Å². The molecule has 0 aliphatic carbocycles. The van der Waals surface area contributed by atoms with Crippen molar-refractivity contribution in [2.45, 2.75) is 121 Å². The van der Waals surface area contributed by atoms with Crippen LogP contribution in [0.5, 0.6) is 0 Å². The highest BCUT2D eigenvalue weighted by Gasteiger charge is 2.60. The number of nitrogens with one attached hydrogen (secondary N) is 6. The second kappa shape index (κ2) is 15.6. The van der Waals surface area contributed by atoms with Crippen molar-refractivity contribution in [2.75, 3.05) is 13.1 Å². The Balaban J connectivity index is 1.49. The minimum absolute atomic E-state index is 0.0367. The number of rotatable bonds is 6. The second-order valence-electron chi connectivity index (χ2n) is 14.9. The van der Waals surface area contributed by atoms with Gasteiger partial charge in [0, 0.05) is 30.3 Å². The maximum Gasteiger partial charge on any atom is 0.245 e. The van der Waals surface area contributed by atoms with Gasteiger partial charge in [-0.05, 0) is 66.0 Å². The lowest BCUT2D eigenvalue weighted by atomic mass is 10.0. The predicted molar refractivity (Wildman–Crippen MR) is 188 cm³/mol. The highest BCUT2D eigenvalue weighted by atomic mass is 16.2. The van der Waals surface area contributed by atoms with Gasteiger partial charge in [0.1, 0.15) is 24.2 Å². The van der Waals surface area contributed by atoms with Crippen molar-refractivity contribution in [1.29, 1.82) is 0 Å². The van der Waals surface area contributed by atoms with Crippen LogP contribution in [-0.4, -0.2) is 116 Å². The molecule has 3 fully saturated rings. The van der Waals surface area contributed by atoms with Gasteiger partial charge >= 0.3 is 0 Å². The number of carbonyl (C=O) groups is 6. The zero-order chi connectivity index (χ0) is 37.0. The minimum atomic E-state index is -1.13. The van der Waals surface area contributed by atoms with Gasteiger partial charge in [-0.1, -0.05) is 36.8 Å². The fourth-order valence-corrected chi connectivity index (χ4v) is 7.16. The fraction of sp³-hybridized carbons (Fsp3) is 0.583. The third kappa shape index (κ3) is 9.12. The molecule has 51 heavy (non-hydrogen) atoms. The molecule has 0 radical (unpaired) electrons. The Morgan fingerprint density at radius 2 is 1.65 bits per heavy atom. The van der Waals surface area contributed by atoms with Crippen LogP contribution >= 0.6 is 0 Å². The number of carbonyl (C=O) groups excluding carboxylic acids is 6. The van der Waals surface area contributed by atoms with Crippen molar-refractivity contribution >= 4 is 35.4 Å². The van der Waals surface area contributed by atoms with Gasteiger partial charge in [0.25, 0.3) is 0 Å². The lowest BCUT2D eigenvalue weighted by Crippen LogP contribution is -2.60. The lowest BCUT2D eigenvalue weighted by molar-refractivity contribution is -0.136. The lowest BCUT2D eigenvalue weighted by Gasteiger charge is -2.34.